The van der Waals surface area contributed by atoms with Crippen molar-refractivity contribution in [1.29, 1.82) is 0 Å². The van der Waals surface area contributed by atoms with Crippen molar-refractivity contribution in [3.05, 3.63) is 108 Å². The second-order valence-corrected chi connectivity index (χ2v) is 10.0. The number of thioether (sulfide) groups is 1. The summed E-state index contributed by atoms with van der Waals surface area (Å²) >= 11 is 1.51. The molecule has 0 aliphatic heterocycles. The van der Waals surface area contributed by atoms with Crippen LogP contribution < -0.4 is 16.0 Å². The van der Waals surface area contributed by atoms with Crippen molar-refractivity contribution < 1.29 is 14.4 Å². The highest BCUT2D eigenvalue weighted by molar-refractivity contribution is 8.01. The number of amides is 3. The summed E-state index contributed by atoms with van der Waals surface area (Å²) in [7, 11) is 0. The monoisotopic (exact) mass is 503 g/mol. The standard InChI is InChI=1S/C29H33N3O3S/c1-22(2)18-30-26(33)19-31-27(34)20-32-28(35)21-36-29(23-12-6-3-7-13-23,24-14-8-4-9-15-24)25-16-10-5-11-17-25/h3-17,22H,18-21H2,1-2H3,(H,30,33)(H,31,34)(H,32,35). The lowest BCUT2D eigenvalue weighted by molar-refractivity contribution is -0.127. The summed E-state index contributed by atoms with van der Waals surface area (Å²) in [6, 6.07) is 30.3. The molecule has 6 nitrogen and oxygen atoms in total. The minimum absolute atomic E-state index is 0.116. The highest BCUT2D eigenvalue weighted by atomic mass is 32.2. The van der Waals surface area contributed by atoms with Gasteiger partial charge < -0.3 is 16.0 Å². The first-order valence-electron chi connectivity index (χ1n) is 12.0. The molecule has 3 aromatic rings. The molecular formula is C29H33N3O3S. The lowest BCUT2D eigenvalue weighted by Crippen LogP contribution is -2.43. The molecule has 0 aromatic heterocycles. The van der Waals surface area contributed by atoms with Crippen LogP contribution in [0.15, 0.2) is 91.0 Å². The van der Waals surface area contributed by atoms with Crippen molar-refractivity contribution in [3.8, 4) is 0 Å². The Balaban J connectivity index is 1.70. The maximum Gasteiger partial charge on any atom is 0.239 e. The third-order valence-corrected chi connectivity index (χ3v) is 7.11. The van der Waals surface area contributed by atoms with Gasteiger partial charge >= 0.3 is 0 Å². The Morgan fingerprint density at radius 2 is 1.03 bits per heavy atom. The first-order chi connectivity index (χ1) is 17.4. The molecule has 0 bridgehead atoms. The molecular weight excluding hydrogens is 470 g/mol. The third-order valence-electron chi connectivity index (χ3n) is 5.56. The van der Waals surface area contributed by atoms with Crippen molar-refractivity contribution in [2.75, 3.05) is 25.4 Å². The van der Waals surface area contributed by atoms with Gasteiger partial charge in [0.1, 0.15) is 0 Å². The topological polar surface area (TPSA) is 87.3 Å². The maximum absolute atomic E-state index is 12.8. The van der Waals surface area contributed by atoms with Crippen LogP contribution in [0.1, 0.15) is 30.5 Å². The second kappa shape index (κ2) is 13.5. The van der Waals surface area contributed by atoms with E-state index in [9.17, 15) is 14.4 Å². The van der Waals surface area contributed by atoms with Crippen LogP contribution in [0, 0.1) is 5.92 Å². The fourth-order valence-electron chi connectivity index (χ4n) is 3.79. The van der Waals surface area contributed by atoms with Gasteiger partial charge in [0, 0.05) is 6.54 Å². The Bertz CT molecular complexity index is 1030. The van der Waals surface area contributed by atoms with E-state index in [0.29, 0.717) is 12.5 Å². The zero-order chi connectivity index (χ0) is 25.8. The van der Waals surface area contributed by atoms with Gasteiger partial charge in [-0.3, -0.25) is 14.4 Å². The van der Waals surface area contributed by atoms with E-state index < -0.39 is 10.7 Å². The van der Waals surface area contributed by atoms with E-state index in [1.807, 2.05) is 68.4 Å². The summed E-state index contributed by atoms with van der Waals surface area (Å²) in [4.78, 5) is 36.7. The smallest absolute Gasteiger partial charge is 0.239 e. The number of carbonyl (C=O) groups is 3. The van der Waals surface area contributed by atoms with Crippen molar-refractivity contribution in [2.45, 2.75) is 18.6 Å². The van der Waals surface area contributed by atoms with E-state index in [1.54, 1.807) is 0 Å². The average molecular weight is 504 g/mol. The van der Waals surface area contributed by atoms with Crippen LogP contribution in [-0.2, 0) is 19.1 Å². The van der Waals surface area contributed by atoms with E-state index in [-0.39, 0.29) is 30.7 Å². The Kier molecular flexibility index (Phi) is 10.1. The van der Waals surface area contributed by atoms with Gasteiger partial charge in [-0.05, 0) is 22.6 Å². The highest BCUT2D eigenvalue weighted by Crippen LogP contribution is 2.48. The minimum atomic E-state index is -0.613. The van der Waals surface area contributed by atoms with Crippen LogP contribution in [-0.4, -0.2) is 43.1 Å². The molecule has 0 heterocycles. The summed E-state index contributed by atoms with van der Waals surface area (Å²) in [5, 5.41) is 7.96. The number of carbonyl (C=O) groups excluding carboxylic acids is 3. The van der Waals surface area contributed by atoms with Crippen LogP contribution in [0.5, 0.6) is 0 Å². The van der Waals surface area contributed by atoms with Gasteiger partial charge in [0.15, 0.2) is 0 Å². The molecule has 3 aromatic carbocycles. The summed E-state index contributed by atoms with van der Waals surface area (Å²) in [5.41, 5.74) is 3.18. The van der Waals surface area contributed by atoms with Crippen molar-refractivity contribution in [1.82, 2.24) is 16.0 Å². The van der Waals surface area contributed by atoms with Crippen molar-refractivity contribution in [3.63, 3.8) is 0 Å². The molecule has 3 amide bonds. The molecule has 3 rings (SSSR count). The quantitative estimate of drug-likeness (QED) is 0.329. The number of benzene rings is 3. The van der Waals surface area contributed by atoms with Gasteiger partial charge in [-0.25, -0.2) is 0 Å². The molecule has 0 aliphatic rings. The van der Waals surface area contributed by atoms with Crippen LogP contribution in [0.3, 0.4) is 0 Å². The van der Waals surface area contributed by atoms with E-state index >= 15 is 0 Å². The molecule has 0 unspecified atom stereocenters. The number of nitrogens with one attached hydrogen (secondary N) is 3. The van der Waals surface area contributed by atoms with Crippen molar-refractivity contribution >= 4 is 29.5 Å². The van der Waals surface area contributed by atoms with Gasteiger partial charge in [-0.2, -0.15) is 0 Å². The summed E-state index contributed by atoms with van der Waals surface area (Å²) < 4.78 is -0.613. The zero-order valence-electron chi connectivity index (χ0n) is 20.7. The molecule has 0 fully saturated rings. The molecule has 188 valence electrons. The van der Waals surface area contributed by atoms with Gasteiger partial charge in [0.05, 0.1) is 23.6 Å². The Morgan fingerprint density at radius 1 is 0.639 bits per heavy atom. The van der Waals surface area contributed by atoms with E-state index in [4.69, 9.17) is 0 Å². The molecule has 0 radical (unpaired) electrons. The van der Waals surface area contributed by atoms with E-state index in [1.165, 1.54) is 11.8 Å². The first-order valence-corrected chi connectivity index (χ1v) is 13.0. The van der Waals surface area contributed by atoms with Crippen LogP contribution in [0.2, 0.25) is 0 Å². The largest absolute Gasteiger partial charge is 0.354 e. The van der Waals surface area contributed by atoms with E-state index in [0.717, 1.165) is 16.7 Å². The molecule has 36 heavy (non-hydrogen) atoms. The van der Waals surface area contributed by atoms with Crippen LogP contribution >= 0.6 is 11.8 Å². The number of rotatable bonds is 12. The Morgan fingerprint density at radius 3 is 1.44 bits per heavy atom. The predicted octanol–water partition coefficient (Wildman–Crippen LogP) is 3.72. The average Bonchev–Trinajstić information content (AvgIpc) is 2.91. The van der Waals surface area contributed by atoms with Gasteiger partial charge in [-0.1, -0.05) is 105 Å². The summed E-state index contributed by atoms with van der Waals surface area (Å²) in [6.07, 6.45) is 0. The minimum Gasteiger partial charge on any atom is -0.354 e. The fourth-order valence-corrected chi connectivity index (χ4v) is 5.15. The number of hydrogen-bond acceptors (Lipinski definition) is 4. The third kappa shape index (κ3) is 7.46. The van der Waals surface area contributed by atoms with Crippen LogP contribution in [0.25, 0.3) is 0 Å². The fraction of sp³-hybridized carbons (Fsp3) is 0.276. The van der Waals surface area contributed by atoms with Gasteiger partial charge in [0.2, 0.25) is 17.7 Å². The molecule has 3 N–H and O–H groups in total. The lowest BCUT2D eigenvalue weighted by Gasteiger charge is -2.35. The normalized spacial score (nSPS) is 11.1. The lowest BCUT2D eigenvalue weighted by atomic mass is 9.84. The molecule has 0 saturated carbocycles. The Labute approximate surface area is 217 Å². The molecule has 0 spiro atoms. The van der Waals surface area contributed by atoms with Gasteiger partial charge in [-0.15, -0.1) is 11.8 Å². The van der Waals surface area contributed by atoms with Crippen molar-refractivity contribution in [2.24, 2.45) is 5.92 Å². The second-order valence-electron chi connectivity index (χ2n) is 8.82. The molecule has 0 atom stereocenters. The zero-order valence-corrected chi connectivity index (χ0v) is 21.5. The molecule has 0 aliphatic carbocycles. The maximum atomic E-state index is 12.8. The summed E-state index contributed by atoms with van der Waals surface area (Å²) in [6.45, 7) is 4.23. The SMILES string of the molecule is CC(C)CNC(=O)CNC(=O)CNC(=O)CSC(c1ccccc1)(c1ccccc1)c1ccccc1. The Hall–Kier alpha value is -3.58. The van der Waals surface area contributed by atoms with Gasteiger partial charge in [0.25, 0.3) is 0 Å². The number of hydrogen-bond donors (Lipinski definition) is 3. The predicted molar refractivity (Wildman–Crippen MR) is 146 cm³/mol. The first kappa shape index (κ1) is 27.0. The molecule has 0 saturated heterocycles. The highest BCUT2D eigenvalue weighted by Gasteiger charge is 2.37. The van der Waals surface area contributed by atoms with Crippen LogP contribution in [0.4, 0.5) is 0 Å². The summed E-state index contributed by atoms with van der Waals surface area (Å²) in [5.74, 6) is -0.450. The molecule has 7 heteroatoms. The van der Waals surface area contributed by atoms with E-state index in [2.05, 4.69) is 52.3 Å².